The molecule has 0 spiro atoms. The first-order valence-corrected chi connectivity index (χ1v) is 5.86. The molecule has 0 bridgehead atoms. The van der Waals surface area contributed by atoms with Crippen LogP contribution in [0.4, 0.5) is 5.82 Å². The molecule has 0 aromatic carbocycles. The van der Waals surface area contributed by atoms with E-state index in [0.29, 0.717) is 19.4 Å². The molecule has 2 heterocycles. The van der Waals surface area contributed by atoms with E-state index < -0.39 is 0 Å². The number of nitrogens with one attached hydrogen (secondary N) is 1. The Morgan fingerprint density at radius 2 is 2.38 bits per heavy atom. The monoisotopic (exact) mass is 236 g/mol. The van der Waals surface area contributed by atoms with Gasteiger partial charge in [0.15, 0.2) is 0 Å². The summed E-state index contributed by atoms with van der Waals surface area (Å²) in [5, 5.41) is 5.16. The van der Waals surface area contributed by atoms with Crippen LogP contribution < -0.4 is 11.1 Å². The molecule has 5 nitrogen and oxygen atoms in total. The molecule has 2 aromatic heterocycles. The molecule has 0 atom stereocenters. The predicted molar refractivity (Wildman–Crippen MR) is 64.3 cm³/mol. The van der Waals surface area contributed by atoms with Gasteiger partial charge in [0, 0.05) is 13.0 Å². The molecule has 0 saturated carbocycles. The second-order valence-corrected chi connectivity index (χ2v) is 4.27. The number of nitrogens with zero attached hydrogens (tertiary/aromatic N) is 2. The molecule has 0 aliphatic rings. The normalized spacial score (nSPS) is 10.5. The topological polar surface area (TPSA) is 80.9 Å². The molecule has 1 amide bonds. The minimum atomic E-state index is -0.272. The van der Waals surface area contributed by atoms with Gasteiger partial charge in [-0.15, -0.1) is 11.3 Å². The van der Waals surface area contributed by atoms with Gasteiger partial charge in [0.05, 0.1) is 10.2 Å². The second-order valence-electron chi connectivity index (χ2n) is 3.35. The fourth-order valence-electron chi connectivity index (χ4n) is 1.38. The number of rotatable bonds is 5. The van der Waals surface area contributed by atoms with Gasteiger partial charge < -0.3 is 11.1 Å². The van der Waals surface area contributed by atoms with E-state index in [1.54, 1.807) is 11.3 Å². The molecule has 84 valence electrons. The van der Waals surface area contributed by atoms with E-state index >= 15 is 0 Å². The van der Waals surface area contributed by atoms with Crippen LogP contribution in [-0.4, -0.2) is 22.4 Å². The molecule has 3 N–H and O–H groups in total. The van der Waals surface area contributed by atoms with Crippen molar-refractivity contribution < 1.29 is 4.79 Å². The summed E-state index contributed by atoms with van der Waals surface area (Å²) < 4.78 is 1.04. The largest absolute Gasteiger partial charge is 0.370 e. The van der Waals surface area contributed by atoms with E-state index in [-0.39, 0.29) is 5.91 Å². The van der Waals surface area contributed by atoms with Gasteiger partial charge in [0.1, 0.15) is 12.1 Å². The molecule has 16 heavy (non-hydrogen) atoms. The van der Waals surface area contributed by atoms with E-state index in [4.69, 9.17) is 5.73 Å². The fraction of sp³-hybridized carbons (Fsp3) is 0.300. The zero-order valence-electron chi connectivity index (χ0n) is 8.64. The number of thiophene rings is 1. The van der Waals surface area contributed by atoms with E-state index in [2.05, 4.69) is 15.3 Å². The average Bonchev–Trinajstić information content (AvgIpc) is 2.72. The predicted octanol–water partition coefficient (Wildman–Crippen LogP) is 1.37. The Balaban J connectivity index is 1.98. The number of hydrogen-bond acceptors (Lipinski definition) is 5. The highest BCUT2D eigenvalue weighted by atomic mass is 32.1. The van der Waals surface area contributed by atoms with E-state index in [0.717, 1.165) is 16.0 Å². The van der Waals surface area contributed by atoms with Crippen LogP contribution in [0.15, 0.2) is 17.8 Å². The Hall–Kier alpha value is -1.69. The van der Waals surface area contributed by atoms with Crippen LogP contribution >= 0.6 is 11.3 Å². The lowest BCUT2D eigenvalue weighted by Gasteiger charge is -2.04. The number of fused-ring (bicyclic) bond motifs is 1. The molecule has 0 aliphatic heterocycles. The van der Waals surface area contributed by atoms with Gasteiger partial charge in [-0.25, -0.2) is 9.97 Å². The average molecular weight is 236 g/mol. The summed E-state index contributed by atoms with van der Waals surface area (Å²) in [5.41, 5.74) is 6.00. The van der Waals surface area contributed by atoms with Gasteiger partial charge in [-0.1, -0.05) is 0 Å². The highest BCUT2D eigenvalue weighted by molar-refractivity contribution is 7.17. The smallest absolute Gasteiger partial charge is 0.217 e. The summed E-state index contributed by atoms with van der Waals surface area (Å²) in [6.07, 6.45) is 2.64. The van der Waals surface area contributed by atoms with Crippen molar-refractivity contribution in [2.24, 2.45) is 5.73 Å². The summed E-state index contributed by atoms with van der Waals surface area (Å²) in [4.78, 5) is 18.9. The lowest BCUT2D eigenvalue weighted by atomic mass is 10.3. The zero-order chi connectivity index (χ0) is 11.4. The molecule has 0 unspecified atom stereocenters. The molecule has 2 aromatic rings. The third kappa shape index (κ3) is 2.46. The number of anilines is 1. The number of carbonyl (C=O) groups excluding carboxylic acids is 1. The standard InChI is InChI=1S/C10H12N4OS/c11-8(15)2-1-4-12-10-9-7(3-5-16-9)13-6-14-10/h3,5-6H,1-2,4H2,(H2,11,15)(H,12,13,14). The highest BCUT2D eigenvalue weighted by Gasteiger charge is 2.03. The molecule has 0 saturated heterocycles. The maximum Gasteiger partial charge on any atom is 0.217 e. The van der Waals surface area contributed by atoms with E-state index in [9.17, 15) is 4.79 Å². The number of aromatic nitrogens is 2. The molecular formula is C10H12N4OS. The third-order valence-corrected chi connectivity index (χ3v) is 3.05. The van der Waals surface area contributed by atoms with Crippen LogP contribution in [-0.2, 0) is 4.79 Å². The Bertz CT molecular complexity index is 496. The minimum Gasteiger partial charge on any atom is -0.370 e. The van der Waals surface area contributed by atoms with Crippen LogP contribution in [0.1, 0.15) is 12.8 Å². The Morgan fingerprint density at radius 1 is 1.50 bits per heavy atom. The minimum absolute atomic E-state index is 0.272. The lowest BCUT2D eigenvalue weighted by molar-refractivity contribution is -0.118. The SMILES string of the molecule is NC(=O)CCCNc1ncnc2ccsc12. The Kier molecular flexibility index (Phi) is 3.31. The van der Waals surface area contributed by atoms with Crippen molar-refractivity contribution in [1.82, 2.24) is 9.97 Å². The van der Waals surface area contributed by atoms with E-state index in [1.165, 1.54) is 6.33 Å². The van der Waals surface area contributed by atoms with Crippen LogP contribution in [0, 0.1) is 0 Å². The highest BCUT2D eigenvalue weighted by Crippen LogP contribution is 2.24. The van der Waals surface area contributed by atoms with Crippen molar-refractivity contribution in [1.29, 1.82) is 0 Å². The quantitative estimate of drug-likeness (QED) is 0.768. The summed E-state index contributed by atoms with van der Waals surface area (Å²) in [6.45, 7) is 0.687. The number of primary amides is 1. The molecule has 0 radical (unpaired) electrons. The van der Waals surface area contributed by atoms with Crippen LogP contribution in [0.25, 0.3) is 10.2 Å². The maximum absolute atomic E-state index is 10.6. The Labute approximate surface area is 96.7 Å². The molecule has 6 heteroatoms. The van der Waals surface area contributed by atoms with Crippen molar-refractivity contribution >= 4 is 33.3 Å². The van der Waals surface area contributed by atoms with E-state index in [1.807, 2.05) is 11.4 Å². The van der Waals surface area contributed by atoms with Crippen molar-refractivity contribution in [2.45, 2.75) is 12.8 Å². The number of amides is 1. The number of nitrogens with two attached hydrogens (primary N) is 1. The molecular weight excluding hydrogens is 224 g/mol. The summed E-state index contributed by atoms with van der Waals surface area (Å²) >= 11 is 1.60. The summed E-state index contributed by atoms with van der Waals surface area (Å²) in [6, 6.07) is 1.95. The van der Waals surface area contributed by atoms with Crippen molar-refractivity contribution in [3.05, 3.63) is 17.8 Å². The van der Waals surface area contributed by atoms with Gasteiger partial charge >= 0.3 is 0 Å². The first kappa shape index (κ1) is 10.8. The van der Waals surface area contributed by atoms with Crippen LogP contribution in [0.3, 0.4) is 0 Å². The van der Waals surface area contributed by atoms with Gasteiger partial charge in [0.25, 0.3) is 0 Å². The van der Waals surface area contributed by atoms with Gasteiger partial charge in [-0.2, -0.15) is 0 Å². The van der Waals surface area contributed by atoms with Crippen molar-refractivity contribution in [3.63, 3.8) is 0 Å². The van der Waals surface area contributed by atoms with Crippen LogP contribution in [0.5, 0.6) is 0 Å². The van der Waals surface area contributed by atoms with Gasteiger partial charge in [0.2, 0.25) is 5.91 Å². The number of hydrogen-bond donors (Lipinski definition) is 2. The first-order valence-electron chi connectivity index (χ1n) is 4.98. The van der Waals surface area contributed by atoms with Crippen molar-refractivity contribution in [2.75, 3.05) is 11.9 Å². The third-order valence-electron chi connectivity index (χ3n) is 2.14. The lowest BCUT2D eigenvalue weighted by Crippen LogP contribution is -2.13. The number of carbonyl (C=O) groups is 1. The first-order chi connectivity index (χ1) is 7.77. The molecule has 2 rings (SSSR count). The Morgan fingerprint density at radius 3 is 3.19 bits per heavy atom. The zero-order valence-corrected chi connectivity index (χ0v) is 9.46. The molecule has 0 aliphatic carbocycles. The maximum atomic E-state index is 10.6. The van der Waals surface area contributed by atoms with Crippen LogP contribution in [0.2, 0.25) is 0 Å². The van der Waals surface area contributed by atoms with Crippen molar-refractivity contribution in [3.8, 4) is 0 Å². The van der Waals surface area contributed by atoms with Gasteiger partial charge in [-0.05, 0) is 17.9 Å². The van der Waals surface area contributed by atoms with Gasteiger partial charge in [-0.3, -0.25) is 4.79 Å². The summed E-state index contributed by atoms with van der Waals surface area (Å²) in [7, 11) is 0. The second kappa shape index (κ2) is 4.89. The molecule has 0 fully saturated rings. The summed E-state index contributed by atoms with van der Waals surface area (Å²) in [5.74, 6) is 0.551. The fourth-order valence-corrected chi connectivity index (χ4v) is 2.20.